The summed E-state index contributed by atoms with van der Waals surface area (Å²) >= 11 is 0. The minimum Gasteiger partial charge on any atom is -0.377 e. The van der Waals surface area contributed by atoms with Crippen molar-refractivity contribution in [3.8, 4) is 0 Å². The van der Waals surface area contributed by atoms with Gasteiger partial charge in [-0.25, -0.2) is 8.42 Å². The number of rotatable bonds is 6. The highest BCUT2D eigenvalue weighted by Crippen LogP contribution is 2.30. The summed E-state index contributed by atoms with van der Waals surface area (Å²) in [6.45, 7) is 2.12. The molecule has 0 aliphatic carbocycles. The summed E-state index contributed by atoms with van der Waals surface area (Å²) < 4.78 is 32.3. The quantitative estimate of drug-likeness (QED) is 0.610. The van der Waals surface area contributed by atoms with Crippen molar-refractivity contribution in [2.75, 3.05) is 31.6 Å². The zero-order valence-corrected chi connectivity index (χ0v) is 14.8. The number of hydrogen-bond donors (Lipinski definition) is 1. The summed E-state index contributed by atoms with van der Waals surface area (Å²) in [4.78, 5) is 10.8. The SMILES string of the molecule is O=[N+]([O-])c1cc(S(=O)(=O)N2CCCCC2)ccc1NCC1CCCO1. The third kappa shape index (κ3) is 4.10. The molecule has 8 nitrogen and oxygen atoms in total. The zero-order valence-electron chi connectivity index (χ0n) is 14.0. The molecule has 1 aromatic rings. The van der Waals surface area contributed by atoms with Crippen molar-refractivity contribution in [2.45, 2.75) is 43.1 Å². The smallest absolute Gasteiger partial charge is 0.293 e. The molecule has 2 aliphatic heterocycles. The van der Waals surface area contributed by atoms with E-state index in [4.69, 9.17) is 4.74 Å². The van der Waals surface area contributed by atoms with Crippen LogP contribution in [0.5, 0.6) is 0 Å². The number of nitrogens with one attached hydrogen (secondary N) is 1. The summed E-state index contributed by atoms with van der Waals surface area (Å²) in [5, 5.41) is 14.4. The van der Waals surface area contributed by atoms with Crippen LogP contribution >= 0.6 is 0 Å². The number of sulfonamides is 1. The van der Waals surface area contributed by atoms with Crippen molar-refractivity contribution >= 4 is 21.4 Å². The highest BCUT2D eigenvalue weighted by molar-refractivity contribution is 7.89. The lowest BCUT2D eigenvalue weighted by Gasteiger charge is -2.25. The fraction of sp³-hybridized carbons (Fsp3) is 0.625. The van der Waals surface area contributed by atoms with E-state index in [9.17, 15) is 18.5 Å². The first kappa shape index (κ1) is 18.1. The number of ether oxygens (including phenoxy) is 1. The Morgan fingerprint density at radius 2 is 2.00 bits per heavy atom. The molecule has 0 radical (unpaired) electrons. The molecule has 2 heterocycles. The summed E-state index contributed by atoms with van der Waals surface area (Å²) in [5.74, 6) is 0. The second-order valence-corrected chi connectivity index (χ2v) is 8.35. The van der Waals surface area contributed by atoms with E-state index in [0.717, 1.165) is 38.2 Å². The molecule has 1 atom stereocenters. The fourth-order valence-corrected chi connectivity index (χ4v) is 4.79. The first-order chi connectivity index (χ1) is 12.0. The number of hydrogen-bond acceptors (Lipinski definition) is 6. The predicted molar refractivity (Wildman–Crippen MR) is 93.2 cm³/mol. The molecule has 9 heteroatoms. The van der Waals surface area contributed by atoms with E-state index in [1.807, 2.05) is 0 Å². The van der Waals surface area contributed by atoms with Gasteiger partial charge in [0.2, 0.25) is 10.0 Å². The van der Waals surface area contributed by atoms with Crippen LogP contribution in [0.3, 0.4) is 0 Å². The van der Waals surface area contributed by atoms with E-state index >= 15 is 0 Å². The van der Waals surface area contributed by atoms with Crippen molar-refractivity contribution in [3.05, 3.63) is 28.3 Å². The van der Waals surface area contributed by atoms with E-state index in [-0.39, 0.29) is 16.7 Å². The molecule has 0 saturated carbocycles. The van der Waals surface area contributed by atoms with E-state index in [1.165, 1.54) is 16.4 Å². The second kappa shape index (κ2) is 7.67. The fourth-order valence-electron chi connectivity index (χ4n) is 3.26. The van der Waals surface area contributed by atoms with Crippen LogP contribution in [-0.4, -0.2) is 50.0 Å². The van der Waals surface area contributed by atoms with Crippen molar-refractivity contribution in [2.24, 2.45) is 0 Å². The number of nitrogens with zero attached hydrogens (tertiary/aromatic N) is 2. The van der Waals surface area contributed by atoms with E-state index in [2.05, 4.69) is 5.32 Å². The molecule has 2 saturated heterocycles. The first-order valence-corrected chi connectivity index (χ1v) is 10.1. The van der Waals surface area contributed by atoms with Gasteiger partial charge in [0.15, 0.2) is 0 Å². The third-order valence-corrected chi connectivity index (χ3v) is 6.56. The van der Waals surface area contributed by atoms with Gasteiger partial charge in [-0.3, -0.25) is 10.1 Å². The zero-order chi connectivity index (χ0) is 17.9. The van der Waals surface area contributed by atoms with Gasteiger partial charge in [-0.05, 0) is 37.8 Å². The maximum Gasteiger partial charge on any atom is 0.293 e. The van der Waals surface area contributed by atoms with Gasteiger partial charge < -0.3 is 10.1 Å². The topological polar surface area (TPSA) is 102 Å². The lowest BCUT2D eigenvalue weighted by atomic mass is 10.2. The molecule has 138 valence electrons. The number of nitro benzene ring substituents is 1. The first-order valence-electron chi connectivity index (χ1n) is 8.62. The Bertz CT molecular complexity index is 725. The Morgan fingerprint density at radius 3 is 2.64 bits per heavy atom. The number of piperidine rings is 1. The van der Waals surface area contributed by atoms with Crippen LogP contribution in [0.1, 0.15) is 32.1 Å². The van der Waals surface area contributed by atoms with Crippen LogP contribution in [0, 0.1) is 10.1 Å². The molecule has 1 unspecified atom stereocenters. The summed E-state index contributed by atoms with van der Waals surface area (Å²) in [6.07, 6.45) is 4.60. The molecule has 0 spiro atoms. The number of anilines is 1. The van der Waals surface area contributed by atoms with Gasteiger partial charge in [0.25, 0.3) is 5.69 Å². The Kier molecular flexibility index (Phi) is 5.55. The molecule has 1 N–H and O–H groups in total. The monoisotopic (exact) mass is 369 g/mol. The molecule has 2 aliphatic rings. The standard InChI is InChI=1S/C16H23N3O5S/c20-19(21)16-11-14(25(22,23)18-8-2-1-3-9-18)6-7-15(16)17-12-13-5-4-10-24-13/h6-7,11,13,17H,1-5,8-10,12H2. The highest BCUT2D eigenvalue weighted by Gasteiger charge is 2.28. The lowest BCUT2D eigenvalue weighted by molar-refractivity contribution is -0.384. The summed E-state index contributed by atoms with van der Waals surface area (Å²) in [6, 6.07) is 4.07. The van der Waals surface area contributed by atoms with Crippen molar-refractivity contribution in [3.63, 3.8) is 0 Å². The van der Waals surface area contributed by atoms with E-state index in [0.29, 0.717) is 31.9 Å². The maximum atomic E-state index is 12.7. The molecule has 0 aromatic heterocycles. The minimum absolute atomic E-state index is 0.0243. The largest absolute Gasteiger partial charge is 0.377 e. The molecule has 0 amide bonds. The van der Waals surface area contributed by atoms with Gasteiger partial charge in [-0.2, -0.15) is 4.31 Å². The van der Waals surface area contributed by atoms with Gasteiger partial charge in [0.05, 0.1) is 15.9 Å². The molecule has 2 fully saturated rings. The number of benzene rings is 1. The van der Waals surface area contributed by atoms with Crippen LogP contribution in [0.4, 0.5) is 11.4 Å². The molecular formula is C16H23N3O5S. The minimum atomic E-state index is -3.69. The summed E-state index contributed by atoms with van der Waals surface area (Å²) in [5.41, 5.74) is 0.0918. The Morgan fingerprint density at radius 1 is 1.24 bits per heavy atom. The Hall–Kier alpha value is -1.71. The van der Waals surface area contributed by atoms with Gasteiger partial charge in [-0.1, -0.05) is 6.42 Å². The van der Waals surface area contributed by atoms with Gasteiger partial charge in [0, 0.05) is 32.3 Å². The third-order valence-electron chi connectivity index (χ3n) is 4.66. The maximum absolute atomic E-state index is 12.7. The number of nitro groups is 1. The predicted octanol–water partition coefficient (Wildman–Crippen LogP) is 2.36. The average Bonchev–Trinajstić information content (AvgIpc) is 3.14. The van der Waals surface area contributed by atoms with Gasteiger partial charge in [-0.15, -0.1) is 0 Å². The molecule has 0 bridgehead atoms. The van der Waals surface area contributed by atoms with E-state index < -0.39 is 14.9 Å². The average molecular weight is 369 g/mol. The summed E-state index contributed by atoms with van der Waals surface area (Å²) in [7, 11) is -3.69. The van der Waals surface area contributed by atoms with Crippen LogP contribution in [-0.2, 0) is 14.8 Å². The molecule has 1 aromatic carbocycles. The van der Waals surface area contributed by atoms with Crippen LogP contribution in [0.25, 0.3) is 0 Å². The molecule has 3 rings (SSSR count). The van der Waals surface area contributed by atoms with Crippen molar-refractivity contribution < 1.29 is 18.1 Å². The normalized spacial score (nSPS) is 22.0. The van der Waals surface area contributed by atoms with Gasteiger partial charge >= 0.3 is 0 Å². The molecular weight excluding hydrogens is 346 g/mol. The van der Waals surface area contributed by atoms with Gasteiger partial charge in [0.1, 0.15) is 5.69 Å². The Balaban J connectivity index is 1.81. The second-order valence-electron chi connectivity index (χ2n) is 6.42. The van der Waals surface area contributed by atoms with Crippen molar-refractivity contribution in [1.29, 1.82) is 0 Å². The van der Waals surface area contributed by atoms with E-state index in [1.54, 1.807) is 0 Å². The highest BCUT2D eigenvalue weighted by atomic mass is 32.2. The van der Waals surface area contributed by atoms with Crippen LogP contribution < -0.4 is 5.32 Å². The lowest BCUT2D eigenvalue weighted by Crippen LogP contribution is -2.35. The Labute approximate surface area is 147 Å². The molecule has 25 heavy (non-hydrogen) atoms. The van der Waals surface area contributed by atoms with Crippen molar-refractivity contribution in [1.82, 2.24) is 4.31 Å². The van der Waals surface area contributed by atoms with Crippen LogP contribution in [0.2, 0.25) is 0 Å². The van der Waals surface area contributed by atoms with Crippen LogP contribution in [0.15, 0.2) is 23.1 Å².